The zero-order valence-electron chi connectivity index (χ0n) is 20.2. The van der Waals surface area contributed by atoms with Gasteiger partial charge in [0.25, 0.3) is 0 Å². The van der Waals surface area contributed by atoms with Gasteiger partial charge in [0.05, 0.1) is 12.1 Å². The molecule has 0 aromatic rings. The van der Waals surface area contributed by atoms with Crippen LogP contribution in [0.4, 0.5) is 0 Å². The van der Waals surface area contributed by atoms with Gasteiger partial charge in [-0.05, 0) is 50.6 Å². The maximum atomic E-state index is 13.5. The van der Waals surface area contributed by atoms with Crippen LogP contribution in [0.15, 0.2) is 11.6 Å². The molecule has 2 amide bonds. The van der Waals surface area contributed by atoms with Crippen LogP contribution in [0.1, 0.15) is 61.3 Å². The van der Waals surface area contributed by atoms with Crippen molar-refractivity contribution in [3.8, 4) is 0 Å². The molecule has 3 unspecified atom stereocenters. The fourth-order valence-corrected chi connectivity index (χ4v) is 3.88. The summed E-state index contributed by atoms with van der Waals surface area (Å²) in [5, 5.41) is 12.3. The molecule has 0 saturated carbocycles. The first-order valence-corrected chi connectivity index (χ1v) is 10.9. The summed E-state index contributed by atoms with van der Waals surface area (Å²) in [6.45, 7) is 14.2. The molecule has 0 aromatic carbocycles. The van der Waals surface area contributed by atoms with Crippen LogP contribution in [0.25, 0.3) is 0 Å². The minimum absolute atomic E-state index is 0.0231. The van der Waals surface area contributed by atoms with Crippen molar-refractivity contribution in [1.29, 1.82) is 0 Å². The van der Waals surface area contributed by atoms with Gasteiger partial charge in [-0.1, -0.05) is 47.6 Å². The molecule has 0 bridgehead atoms. The molecule has 1 aliphatic rings. The van der Waals surface area contributed by atoms with Crippen LogP contribution in [-0.4, -0.2) is 71.5 Å². The van der Waals surface area contributed by atoms with Crippen LogP contribution in [0.3, 0.4) is 0 Å². The number of piperidine rings is 1. The Morgan fingerprint density at radius 1 is 1.23 bits per heavy atom. The van der Waals surface area contributed by atoms with Gasteiger partial charge < -0.3 is 15.3 Å². The van der Waals surface area contributed by atoms with E-state index in [0.29, 0.717) is 5.92 Å². The van der Waals surface area contributed by atoms with Gasteiger partial charge in [-0.15, -0.1) is 0 Å². The molecule has 1 aliphatic heterocycles. The summed E-state index contributed by atoms with van der Waals surface area (Å²) in [7, 11) is 3.63. The molecule has 1 fully saturated rings. The number of carboxylic acid groups (broad SMARTS) is 1. The van der Waals surface area contributed by atoms with Gasteiger partial charge in [-0.3, -0.25) is 14.5 Å². The zero-order valence-corrected chi connectivity index (χ0v) is 20.2. The van der Waals surface area contributed by atoms with E-state index in [1.807, 2.05) is 41.7 Å². The Morgan fingerprint density at radius 2 is 1.80 bits per heavy atom. The first-order valence-electron chi connectivity index (χ1n) is 10.9. The summed E-state index contributed by atoms with van der Waals surface area (Å²) in [5.41, 5.74) is -0.296. The highest BCUT2D eigenvalue weighted by Crippen LogP contribution is 2.26. The van der Waals surface area contributed by atoms with Gasteiger partial charge in [0.15, 0.2) is 0 Å². The SMILES string of the molecule is CC(=C[C@H](C(C)C)N(C)C(=O)C(NC(=O)C1CC(C)CCN1C)C(C)(C)C)C(=O)O. The van der Waals surface area contributed by atoms with Gasteiger partial charge in [-0.2, -0.15) is 0 Å². The Morgan fingerprint density at radius 3 is 2.27 bits per heavy atom. The van der Waals surface area contributed by atoms with Crippen molar-refractivity contribution < 1.29 is 19.5 Å². The van der Waals surface area contributed by atoms with Crippen LogP contribution < -0.4 is 5.32 Å². The Hall–Kier alpha value is -1.89. The third-order valence-electron chi connectivity index (χ3n) is 6.07. The highest BCUT2D eigenvalue weighted by atomic mass is 16.4. The fraction of sp³-hybridized carbons (Fsp3) is 0.783. The number of amides is 2. The summed E-state index contributed by atoms with van der Waals surface area (Å²) in [6, 6.07) is -1.33. The first kappa shape index (κ1) is 26.1. The van der Waals surface area contributed by atoms with Crippen LogP contribution in [0, 0.1) is 17.3 Å². The van der Waals surface area contributed by atoms with Crippen molar-refractivity contribution in [2.45, 2.75) is 79.4 Å². The number of carbonyl (C=O) groups is 3. The van der Waals surface area contributed by atoms with Gasteiger partial charge in [0.2, 0.25) is 11.8 Å². The van der Waals surface area contributed by atoms with Crippen molar-refractivity contribution in [2.24, 2.45) is 17.3 Å². The number of nitrogens with zero attached hydrogens (tertiary/aromatic N) is 2. The lowest BCUT2D eigenvalue weighted by molar-refractivity contribution is -0.141. The minimum Gasteiger partial charge on any atom is -0.478 e. The number of nitrogens with one attached hydrogen (secondary N) is 1. The van der Waals surface area contributed by atoms with E-state index in [1.54, 1.807) is 18.0 Å². The van der Waals surface area contributed by atoms with Crippen molar-refractivity contribution in [3.63, 3.8) is 0 Å². The second kappa shape index (κ2) is 10.4. The number of carboxylic acids is 1. The van der Waals surface area contributed by atoms with Gasteiger partial charge >= 0.3 is 5.97 Å². The number of rotatable bonds is 7. The summed E-state index contributed by atoms with van der Waals surface area (Å²) in [5.74, 6) is -0.844. The molecule has 4 atom stereocenters. The molecule has 0 spiro atoms. The molecule has 0 radical (unpaired) electrons. The number of likely N-dealkylation sites (tertiary alicyclic amines) is 1. The predicted octanol–water partition coefficient (Wildman–Crippen LogP) is 2.76. The van der Waals surface area contributed by atoms with Gasteiger partial charge in [0.1, 0.15) is 6.04 Å². The van der Waals surface area contributed by atoms with Crippen LogP contribution in [0.2, 0.25) is 0 Å². The minimum atomic E-state index is -1.00. The summed E-state index contributed by atoms with van der Waals surface area (Å²) in [4.78, 5) is 41.5. The predicted molar refractivity (Wildman–Crippen MR) is 119 cm³/mol. The molecule has 1 heterocycles. The van der Waals surface area contributed by atoms with E-state index in [0.717, 1.165) is 19.4 Å². The number of hydrogen-bond donors (Lipinski definition) is 2. The van der Waals surface area contributed by atoms with Crippen LogP contribution in [-0.2, 0) is 14.4 Å². The summed E-state index contributed by atoms with van der Waals surface area (Å²) < 4.78 is 0. The van der Waals surface area contributed by atoms with Crippen LogP contribution >= 0.6 is 0 Å². The normalized spacial score (nSPS) is 23.1. The molecule has 1 saturated heterocycles. The average molecular weight is 424 g/mol. The third kappa shape index (κ3) is 6.83. The van der Waals surface area contributed by atoms with E-state index in [9.17, 15) is 19.5 Å². The van der Waals surface area contributed by atoms with E-state index in [4.69, 9.17) is 0 Å². The number of likely N-dealkylation sites (N-methyl/N-ethyl adjacent to an activating group) is 2. The zero-order chi connectivity index (χ0) is 23.4. The highest BCUT2D eigenvalue weighted by Gasteiger charge is 2.39. The third-order valence-corrected chi connectivity index (χ3v) is 6.07. The molecule has 7 heteroatoms. The van der Waals surface area contributed by atoms with Gasteiger partial charge in [-0.25, -0.2) is 4.79 Å². The largest absolute Gasteiger partial charge is 0.478 e. The fourth-order valence-electron chi connectivity index (χ4n) is 3.88. The Balaban J connectivity index is 3.12. The Kier molecular flexibility index (Phi) is 9.08. The van der Waals surface area contributed by atoms with Crippen molar-refractivity contribution in [1.82, 2.24) is 15.1 Å². The second-order valence-corrected chi connectivity index (χ2v) is 10.3. The molecule has 2 N–H and O–H groups in total. The second-order valence-electron chi connectivity index (χ2n) is 10.3. The highest BCUT2D eigenvalue weighted by molar-refractivity contribution is 5.91. The molecule has 1 rings (SSSR count). The molecular weight excluding hydrogens is 382 g/mol. The average Bonchev–Trinajstić information content (AvgIpc) is 2.63. The quantitative estimate of drug-likeness (QED) is 0.615. The van der Waals surface area contributed by atoms with E-state index >= 15 is 0 Å². The maximum absolute atomic E-state index is 13.5. The smallest absolute Gasteiger partial charge is 0.331 e. The number of carbonyl (C=O) groups excluding carboxylic acids is 2. The van der Waals surface area contributed by atoms with Crippen molar-refractivity contribution in [2.75, 3.05) is 20.6 Å². The molecule has 0 aromatic heterocycles. The Bertz CT molecular complexity index is 666. The standard InChI is InChI=1S/C23H41N3O4/c1-14(2)17(13-16(4)22(29)30)26(9)21(28)19(23(5,6)7)24-20(27)18-12-15(3)10-11-25(18)8/h13-15,17-19H,10-12H2,1-9H3,(H,24,27)(H,29,30)/t15?,17-,18?,19?/m1/s1. The van der Waals surface area contributed by atoms with E-state index in [1.165, 1.54) is 6.92 Å². The van der Waals surface area contributed by atoms with Crippen LogP contribution in [0.5, 0.6) is 0 Å². The van der Waals surface area contributed by atoms with Crippen molar-refractivity contribution in [3.05, 3.63) is 11.6 Å². The molecule has 30 heavy (non-hydrogen) atoms. The number of hydrogen-bond acceptors (Lipinski definition) is 4. The Labute approximate surface area is 181 Å². The molecule has 172 valence electrons. The monoisotopic (exact) mass is 423 g/mol. The van der Waals surface area contributed by atoms with Gasteiger partial charge in [0, 0.05) is 12.6 Å². The van der Waals surface area contributed by atoms with Crippen molar-refractivity contribution >= 4 is 17.8 Å². The topological polar surface area (TPSA) is 90.0 Å². The molecule has 0 aliphatic carbocycles. The number of aliphatic carboxylic acids is 1. The lowest BCUT2D eigenvalue weighted by atomic mass is 9.84. The first-order chi connectivity index (χ1) is 13.7. The molecule has 7 nitrogen and oxygen atoms in total. The van der Waals surface area contributed by atoms with E-state index < -0.39 is 17.4 Å². The van der Waals surface area contributed by atoms with E-state index in [-0.39, 0.29) is 35.4 Å². The summed E-state index contributed by atoms with van der Waals surface area (Å²) in [6.07, 6.45) is 3.46. The lowest BCUT2D eigenvalue weighted by Crippen LogP contribution is -2.60. The molecular formula is C23H41N3O4. The maximum Gasteiger partial charge on any atom is 0.331 e. The van der Waals surface area contributed by atoms with E-state index in [2.05, 4.69) is 17.1 Å². The lowest BCUT2D eigenvalue weighted by Gasteiger charge is -2.40. The summed E-state index contributed by atoms with van der Waals surface area (Å²) >= 11 is 0.